The van der Waals surface area contributed by atoms with E-state index in [1.807, 2.05) is 54.6 Å². The lowest BCUT2D eigenvalue weighted by Gasteiger charge is -2.23. The summed E-state index contributed by atoms with van der Waals surface area (Å²) < 4.78 is 0. The summed E-state index contributed by atoms with van der Waals surface area (Å²) in [6, 6.07) is 29.3. The Kier molecular flexibility index (Phi) is 11.8. The third-order valence-corrected chi connectivity index (χ3v) is 7.76. The van der Waals surface area contributed by atoms with Crippen molar-refractivity contribution in [2.45, 2.75) is 60.0 Å². The van der Waals surface area contributed by atoms with Crippen LogP contribution in [-0.2, 0) is 6.54 Å². The maximum absolute atomic E-state index is 5.02. The number of benzene rings is 3. The van der Waals surface area contributed by atoms with Gasteiger partial charge in [0, 0.05) is 17.3 Å². The molecule has 0 fully saturated rings. The van der Waals surface area contributed by atoms with Crippen LogP contribution in [0.1, 0.15) is 69.7 Å². The molecule has 3 nitrogen and oxygen atoms in total. The highest BCUT2D eigenvalue weighted by atomic mass is 14.9. The maximum atomic E-state index is 5.02. The van der Waals surface area contributed by atoms with Crippen molar-refractivity contribution in [2.24, 2.45) is 9.98 Å². The fraction of sp³-hybridized carbons (Fsp3) is 0.220. The Balaban J connectivity index is 1.49. The Labute approximate surface area is 264 Å². The van der Waals surface area contributed by atoms with Gasteiger partial charge < -0.3 is 5.32 Å². The first-order valence-electron chi connectivity index (χ1n) is 15.5. The van der Waals surface area contributed by atoms with Gasteiger partial charge in [-0.1, -0.05) is 121 Å². The van der Waals surface area contributed by atoms with Gasteiger partial charge in [-0.05, 0) is 93.7 Å². The molecule has 4 rings (SSSR count). The largest absolute Gasteiger partial charge is 0.379 e. The van der Waals surface area contributed by atoms with Gasteiger partial charge in [0.15, 0.2) is 0 Å². The lowest BCUT2D eigenvalue weighted by atomic mass is 9.93. The van der Waals surface area contributed by atoms with E-state index in [9.17, 15) is 0 Å². The van der Waals surface area contributed by atoms with Crippen LogP contribution in [0.25, 0.3) is 11.3 Å². The van der Waals surface area contributed by atoms with Crippen LogP contribution in [0.2, 0.25) is 0 Å². The number of nitrogens with zero attached hydrogens (tertiary/aromatic N) is 2. The molecule has 0 radical (unpaired) electrons. The minimum Gasteiger partial charge on any atom is -0.379 e. The third-order valence-electron chi connectivity index (χ3n) is 7.76. The Morgan fingerprint density at radius 3 is 2.16 bits per heavy atom. The fourth-order valence-electron chi connectivity index (χ4n) is 5.29. The van der Waals surface area contributed by atoms with Crippen LogP contribution in [0.15, 0.2) is 154 Å². The summed E-state index contributed by atoms with van der Waals surface area (Å²) in [6.07, 6.45) is 15.4. The summed E-state index contributed by atoms with van der Waals surface area (Å²) in [5, 5.41) is 3.77. The Bertz CT molecular complexity index is 1620. The summed E-state index contributed by atoms with van der Waals surface area (Å²) >= 11 is 0. The van der Waals surface area contributed by atoms with E-state index in [0.717, 1.165) is 40.9 Å². The van der Waals surface area contributed by atoms with Gasteiger partial charge in [-0.25, -0.2) is 0 Å². The smallest absolute Gasteiger partial charge is 0.0716 e. The van der Waals surface area contributed by atoms with Crippen LogP contribution in [0.3, 0.4) is 0 Å². The van der Waals surface area contributed by atoms with Crippen LogP contribution in [0.5, 0.6) is 0 Å². The zero-order chi connectivity index (χ0) is 31.3. The Morgan fingerprint density at radius 1 is 0.909 bits per heavy atom. The highest BCUT2D eigenvalue weighted by Crippen LogP contribution is 2.27. The van der Waals surface area contributed by atoms with Gasteiger partial charge in [-0.3, -0.25) is 9.98 Å². The molecule has 0 amide bonds. The van der Waals surface area contributed by atoms with E-state index in [1.165, 1.54) is 33.6 Å². The van der Waals surface area contributed by atoms with E-state index in [4.69, 9.17) is 4.99 Å². The first-order valence-corrected chi connectivity index (χ1v) is 15.5. The lowest BCUT2D eigenvalue weighted by Crippen LogP contribution is -2.26. The van der Waals surface area contributed by atoms with Crippen molar-refractivity contribution >= 4 is 23.7 Å². The number of hydrogen-bond acceptors (Lipinski definition) is 3. The second kappa shape index (κ2) is 16.2. The molecule has 1 atom stereocenters. The van der Waals surface area contributed by atoms with Gasteiger partial charge in [0.2, 0.25) is 0 Å². The van der Waals surface area contributed by atoms with Crippen LogP contribution < -0.4 is 5.32 Å². The standard InChI is InChI=1S/C41H45N3/c1-7-34(25-22-32(5)44-41(30(2)3)38-21-15-14-16-31(38)4)35-26-23-33(24-27-35)29-43-40(37-19-12-9-13-20-37)28-39(42-6)36-17-10-8-11-18-36/h7-14,16-20,22-28,32,44H,6,15,21,29H2,1-5H3/b25-22-,34-7+,39-28-,43-40+. The first-order chi connectivity index (χ1) is 21.4. The van der Waals surface area contributed by atoms with Crippen LogP contribution in [0, 0.1) is 0 Å². The topological polar surface area (TPSA) is 36.8 Å². The summed E-state index contributed by atoms with van der Waals surface area (Å²) in [6.45, 7) is 15.3. The van der Waals surface area contributed by atoms with Gasteiger partial charge in [0.05, 0.1) is 18.0 Å². The molecule has 1 aliphatic carbocycles. The van der Waals surface area contributed by atoms with Crippen molar-refractivity contribution in [2.75, 3.05) is 0 Å². The second-order valence-electron chi connectivity index (χ2n) is 11.3. The lowest BCUT2D eigenvalue weighted by molar-refractivity contribution is 0.711. The van der Waals surface area contributed by atoms with E-state index in [2.05, 4.69) is 118 Å². The zero-order valence-electron chi connectivity index (χ0n) is 26.8. The molecule has 0 aliphatic heterocycles. The Hall–Kier alpha value is -4.76. The zero-order valence-corrected chi connectivity index (χ0v) is 26.8. The molecule has 0 aromatic heterocycles. The van der Waals surface area contributed by atoms with E-state index < -0.39 is 0 Å². The van der Waals surface area contributed by atoms with Crippen molar-refractivity contribution in [1.82, 2.24) is 5.32 Å². The molecule has 0 bridgehead atoms. The first kappa shape index (κ1) is 32.2. The number of allylic oxidation sites excluding steroid dienone is 9. The number of aliphatic imine (C=N–C) groups is 2. The average Bonchev–Trinajstić information content (AvgIpc) is 3.05. The maximum Gasteiger partial charge on any atom is 0.0716 e. The molecule has 224 valence electrons. The second-order valence-corrected chi connectivity index (χ2v) is 11.3. The predicted molar refractivity (Wildman–Crippen MR) is 192 cm³/mol. The van der Waals surface area contributed by atoms with Crippen molar-refractivity contribution in [3.63, 3.8) is 0 Å². The molecule has 1 N–H and O–H groups in total. The van der Waals surface area contributed by atoms with E-state index >= 15 is 0 Å². The number of nitrogens with one attached hydrogen (secondary N) is 1. The van der Waals surface area contributed by atoms with E-state index in [1.54, 1.807) is 0 Å². The van der Waals surface area contributed by atoms with Crippen molar-refractivity contribution in [3.8, 4) is 0 Å². The van der Waals surface area contributed by atoms with Crippen molar-refractivity contribution < 1.29 is 0 Å². The third kappa shape index (κ3) is 8.87. The molecule has 0 heterocycles. The van der Waals surface area contributed by atoms with Crippen LogP contribution in [0.4, 0.5) is 0 Å². The Morgan fingerprint density at radius 2 is 1.57 bits per heavy atom. The molecule has 0 spiro atoms. The molecule has 44 heavy (non-hydrogen) atoms. The van der Waals surface area contributed by atoms with Gasteiger partial charge in [-0.15, -0.1) is 0 Å². The quantitative estimate of drug-likeness (QED) is 0.168. The van der Waals surface area contributed by atoms with Gasteiger partial charge in [0.25, 0.3) is 0 Å². The molecule has 3 aromatic rings. The van der Waals surface area contributed by atoms with Gasteiger partial charge in [-0.2, -0.15) is 0 Å². The van der Waals surface area contributed by atoms with Gasteiger partial charge >= 0.3 is 0 Å². The highest BCUT2D eigenvalue weighted by molar-refractivity contribution is 6.12. The SMILES string of the molecule is C=N/C(=C\C(=N/Cc1ccc(C(/C=C\C(C)NC(=C(C)C)C2=C(C)C=CCC2)=C/C)cc1)c1ccccc1)c1ccccc1. The molecule has 3 heteroatoms. The highest BCUT2D eigenvalue weighted by Gasteiger charge is 2.13. The number of hydrogen-bond donors (Lipinski definition) is 1. The van der Waals surface area contributed by atoms with Crippen LogP contribution >= 0.6 is 0 Å². The molecular formula is C41H45N3. The average molecular weight is 580 g/mol. The molecule has 3 aromatic carbocycles. The van der Waals surface area contributed by atoms with Crippen molar-refractivity contribution in [1.29, 1.82) is 0 Å². The predicted octanol–water partition coefficient (Wildman–Crippen LogP) is 10.3. The normalized spacial score (nSPS) is 15.0. The van der Waals surface area contributed by atoms with Crippen LogP contribution in [-0.4, -0.2) is 18.5 Å². The fourth-order valence-corrected chi connectivity index (χ4v) is 5.29. The summed E-state index contributed by atoms with van der Waals surface area (Å²) in [4.78, 5) is 9.33. The minimum absolute atomic E-state index is 0.199. The summed E-state index contributed by atoms with van der Waals surface area (Å²) in [7, 11) is 0. The molecule has 1 aliphatic rings. The van der Waals surface area contributed by atoms with E-state index in [0.29, 0.717) is 6.54 Å². The van der Waals surface area contributed by atoms with Gasteiger partial charge in [0.1, 0.15) is 0 Å². The minimum atomic E-state index is 0.199. The molecular weight excluding hydrogens is 534 g/mol. The number of rotatable bonds is 12. The molecule has 0 saturated heterocycles. The summed E-state index contributed by atoms with van der Waals surface area (Å²) in [5.41, 5.74) is 12.7. The summed E-state index contributed by atoms with van der Waals surface area (Å²) in [5.74, 6) is 0. The molecule has 0 saturated carbocycles. The van der Waals surface area contributed by atoms with Crippen molar-refractivity contribution in [3.05, 3.63) is 166 Å². The molecule has 1 unspecified atom stereocenters. The van der Waals surface area contributed by atoms with E-state index in [-0.39, 0.29) is 6.04 Å². The monoisotopic (exact) mass is 579 g/mol.